The van der Waals surface area contributed by atoms with Crippen LogP contribution in [0.4, 0.5) is 13.2 Å². The molecule has 9 heteroatoms. The summed E-state index contributed by atoms with van der Waals surface area (Å²) in [6.07, 6.45) is -3.30. The number of aliphatic carboxylic acids is 1. The van der Waals surface area contributed by atoms with Crippen LogP contribution in [0.15, 0.2) is 24.4 Å². The largest absolute Gasteiger partial charge is 0.480 e. The van der Waals surface area contributed by atoms with Gasteiger partial charge in [0.25, 0.3) is 0 Å². The first-order chi connectivity index (χ1) is 9.81. The van der Waals surface area contributed by atoms with Crippen LogP contribution in [-0.4, -0.2) is 26.1 Å². The van der Waals surface area contributed by atoms with E-state index in [1.54, 1.807) is 6.07 Å². The number of nitrogens with zero attached hydrogens (tertiary/aromatic N) is 4. The van der Waals surface area contributed by atoms with Crippen LogP contribution in [0.3, 0.4) is 0 Å². The van der Waals surface area contributed by atoms with Gasteiger partial charge in [-0.05, 0) is 12.1 Å². The minimum absolute atomic E-state index is 0.126. The molecule has 21 heavy (non-hydrogen) atoms. The predicted octanol–water partition coefficient (Wildman–Crippen LogP) is 1.92. The van der Waals surface area contributed by atoms with Gasteiger partial charge in [-0.1, -0.05) is 11.3 Å². The van der Waals surface area contributed by atoms with Crippen LogP contribution >= 0.6 is 0 Å². The minimum Gasteiger partial charge on any atom is -0.480 e. The van der Waals surface area contributed by atoms with Crippen LogP contribution in [0.5, 0.6) is 0 Å². The number of halogens is 3. The Hall–Kier alpha value is -2.89. The molecule has 1 aromatic heterocycles. The van der Waals surface area contributed by atoms with Crippen molar-refractivity contribution in [3.63, 3.8) is 0 Å². The fraction of sp³-hybridized carbons (Fsp3) is 0.167. The number of hydrogen-bond acceptors (Lipinski definition) is 4. The van der Waals surface area contributed by atoms with Gasteiger partial charge in [0.15, 0.2) is 0 Å². The highest BCUT2D eigenvalue weighted by Gasteiger charge is 2.31. The fourth-order valence-electron chi connectivity index (χ4n) is 1.67. The van der Waals surface area contributed by atoms with Crippen molar-refractivity contribution in [3.8, 4) is 17.3 Å². The first-order valence-electron chi connectivity index (χ1n) is 5.55. The lowest BCUT2D eigenvalue weighted by molar-refractivity contribution is -0.138. The van der Waals surface area contributed by atoms with Gasteiger partial charge in [-0.25, -0.2) is 4.68 Å². The summed E-state index contributed by atoms with van der Waals surface area (Å²) in [6, 6.07) is 4.31. The predicted molar refractivity (Wildman–Crippen MR) is 62.8 cm³/mol. The zero-order valence-electron chi connectivity index (χ0n) is 10.3. The highest BCUT2D eigenvalue weighted by molar-refractivity contribution is 5.68. The molecule has 0 saturated carbocycles. The van der Waals surface area contributed by atoms with Crippen LogP contribution in [0.1, 0.15) is 11.1 Å². The van der Waals surface area contributed by atoms with Gasteiger partial charge >= 0.3 is 12.1 Å². The maximum Gasteiger partial charge on any atom is 0.416 e. The van der Waals surface area contributed by atoms with Gasteiger partial charge in [0.2, 0.25) is 0 Å². The van der Waals surface area contributed by atoms with Crippen molar-refractivity contribution in [2.45, 2.75) is 12.7 Å². The van der Waals surface area contributed by atoms with Gasteiger partial charge in [-0.15, -0.1) is 5.10 Å². The highest BCUT2D eigenvalue weighted by atomic mass is 19.4. The second-order valence-corrected chi connectivity index (χ2v) is 4.07. The number of alkyl halides is 3. The zero-order chi connectivity index (χ0) is 15.6. The molecule has 2 aromatic rings. The Morgan fingerprint density at radius 2 is 2.14 bits per heavy atom. The summed E-state index contributed by atoms with van der Waals surface area (Å²) >= 11 is 0. The Kier molecular flexibility index (Phi) is 3.62. The van der Waals surface area contributed by atoms with Gasteiger partial charge in [0.1, 0.15) is 12.2 Å². The Morgan fingerprint density at radius 3 is 2.71 bits per heavy atom. The van der Waals surface area contributed by atoms with E-state index in [0.29, 0.717) is 6.07 Å². The number of hydrogen-bond donors (Lipinski definition) is 1. The third kappa shape index (κ3) is 3.17. The number of benzene rings is 1. The first-order valence-corrected chi connectivity index (χ1v) is 5.55. The molecular formula is C12H7F3N4O2. The quantitative estimate of drug-likeness (QED) is 0.934. The van der Waals surface area contributed by atoms with E-state index < -0.39 is 24.3 Å². The third-order valence-electron chi connectivity index (χ3n) is 2.58. The average Bonchev–Trinajstić information content (AvgIpc) is 2.84. The van der Waals surface area contributed by atoms with Crippen LogP contribution in [0.25, 0.3) is 11.3 Å². The number of carbonyl (C=O) groups is 1. The Balaban J connectivity index is 2.43. The van der Waals surface area contributed by atoms with E-state index in [4.69, 9.17) is 10.4 Å². The molecule has 0 aliphatic rings. The van der Waals surface area contributed by atoms with Crippen molar-refractivity contribution in [1.29, 1.82) is 5.26 Å². The Morgan fingerprint density at radius 1 is 1.43 bits per heavy atom. The van der Waals surface area contributed by atoms with Crippen molar-refractivity contribution >= 4 is 5.97 Å². The van der Waals surface area contributed by atoms with Crippen molar-refractivity contribution in [2.24, 2.45) is 0 Å². The lowest BCUT2D eigenvalue weighted by atomic mass is 10.0. The number of carboxylic acid groups (broad SMARTS) is 1. The van der Waals surface area contributed by atoms with Gasteiger partial charge in [0, 0.05) is 5.56 Å². The second kappa shape index (κ2) is 5.24. The summed E-state index contributed by atoms with van der Waals surface area (Å²) in [7, 11) is 0. The van der Waals surface area contributed by atoms with Crippen molar-refractivity contribution < 1.29 is 23.1 Å². The molecule has 0 atom stereocenters. The van der Waals surface area contributed by atoms with Crippen molar-refractivity contribution in [1.82, 2.24) is 15.0 Å². The molecule has 2 rings (SSSR count). The molecular weight excluding hydrogens is 289 g/mol. The number of rotatable bonds is 3. The van der Waals surface area contributed by atoms with E-state index in [1.165, 1.54) is 6.20 Å². The van der Waals surface area contributed by atoms with E-state index in [0.717, 1.165) is 16.8 Å². The second-order valence-electron chi connectivity index (χ2n) is 4.07. The number of carboxylic acids is 1. The van der Waals surface area contributed by atoms with Crippen LogP contribution in [0.2, 0.25) is 0 Å². The Labute approximate surface area is 116 Å². The van der Waals surface area contributed by atoms with Gasteiger partial charge in [-0.3, -0.25) is 4.79 Å². The fourth-order valence-corrected chi connectivity index (χ4v) is 1.67. The zero-order valence-corrected chi connectivity index (χ0v) is 10.3. The molecule has 0 spiro atoms. The summed E-state index contributed by atoms with van der Waals surface area (Å²) in [4.78, 5) is 10.5. The summed E-state index contributed by atoms with van der Waals surface area (Å²) in [5.41, 5.74) is -0.878. The lowest BCUT2D eigenvalue weighted by Crippen LogP contribution is -2.08. The monoisotopic (exact) mass is 296 g/mol. The topological polar surface area (TPSA) is 91.8 Å². The number of aromatic nitrogens is 3. The van der Waals surface area contributed by atoms with Crippen molar-refractivity contribution in [3.05, 3.63) is 35.5 Å². The summed E-state index contributed by atoms with van der Waals surface area (Å²) in [6.45, 7) is -0.435. The molecule has 0 fully saturated rings. The normalized spacial score (nSPS) is 11.1. The standard InChI is InChI=1S/C12H7F3N4O2/c13-12(14,15)8-1-2-9(7(3-8)4-16)10-5-19(18-17-10)6-11(20)21/h1-3,5H,6H2,(H,20,21). The van der Waals surface area contributed by atoms with E-state index in [2.05, 4.69) is 10.3 Å². The molecule has 0 aliphatic carbocycles. The van der Waals surface area contributed by atoms with Gasteiger partial charge < -0.3 is 5.11 Å². The smallest absolute Gasteiger partial charge is 0.416 e. The minimum atomic E-state index is -4.55. The molecule has 1 heterocycles. The molecule has 6 nitrogen and oxygen atoms in total. The molecule has 108 valence electrons. The van der Waals surface area contributed by atoms with Gasteiger partial charge in [0.05, 0.1) is 23.4 Å². The summed E-state index contributed by atoms with van der Waals surface area (Å²) in [5.74, 6) is -1.14. The van der Waals surface area contributed by atoms with Crippen LogP contribution in [0, 0.1) is 11.3 Å². The van der Waals surface area contributed by atoms with E-state index in [1.807, 2.05) is 0 Å². The molecule has 1 aromatic carbocycles. The van der Waals surface area contributed by atoms with E-state index in [-0.39, 0.29) is 16.8 Å². The molecule has 1 N–H and O–H groups in total. The maximum atomic E-state index is 12.6. The third-order valence-corrected chi connectivity index (χ3v) is 2.58. The molecule has 0 aliphatic heterocycles. The molecule has 0 unspecified atom stereocenters. The average molecular weight is 296 g/mol. The van der Waals surface area contributed by atoms with Crippen LogP contribution < -0.4 is 0 Å². The maximum absolute atomic E-state index is 12.6. The molecule has 0 saturated heterocycles. The van der Waals surface area contributed by atoms with E-state index >= 15 is 0 Å². The summed E-state index contributed by atoms with van der Waals surface area (Å²) in [5, 5.41) is 24.8. The molecule has 0 radical (unpaired) electrons. The molecule has 0 amide bonds. The summed E-state index contributed by atoms with van der Waals surface area (Å²) < 4.78 is 38.7. The van der Waals surface area contributed by atoms with Crippen LogP contribution in [-0.2, 0) is 17.5 Å². The highest BCUT2D eigenvalue weighted by Crippen LogP contribution is 2.32. The van der Waals surface area contributed by atoms with E-state index in [9.17, 15) is 18.0 Å². The van der Waals surface area contributed by atoms with Crippen molar-refractivity contribution in [2.75, 3.05) is 0 Å². The first kappa shape index (κ1) is 14.5. The van der Waals surface area contributed by atoms with Gasteiger partial charge in [-0.2, -0.15) is 18.4 Å². The Bertz CT molecular complexity index is 731. The SMILES string of the molecule is N#Cc1cc(C(F)(F)F)ccc1-c1cn(CC(=O)O)nn1. The number of nitriles is 1. The lowest BCUT2D eigenvalue weighted by Gasteiger charge is -2.08. The molecule has 0 bridgehead atoms.